The number of ether oxygens (including phenoxy) is 2. The average molecular weight is 384 g/mol. The van der Waals surface area contributed by atoms with Gasteiger partial charge in [-0.2, -0.15) is 0 Å². The van der Waals surface area contributed by atoms with Crippen LogP contribution in [0.25, 0.3) is 0 Å². The van der Waals surface area contributed by atoms with Crippen LogP contribution in [-0.2, 0) is 6.42 Å². The molecule has 106 valence electrons. The van der Waals surface area contributed by atoms with Gasteiger partial charge in [-0.05, 0) is 46.4 Å². The van der Waals surface area contributed by atoms with E-state index in [0.29, 0.717) is 17.9 Å². The van der Waals surface area contributed by atoms with Gasteiger partial charge < -0.3 is 14.6 Å². The Hall–Kier alpha value is -1.27. The van der Waals surface area contributed by atoms with Crippen LogP contribution >= 0.6 is 22.6 Å². The molecule has 2 aromatic rings. The summed E-state index contributed by atoms with van der Waals surface area (Å²) in [6.45, 7) is 0. The highest BCUT2D eigenvalue weighted by Crippen LogP contribution is 2.35. The van der Waals surface area contributed by atoms with Crippen molar-refractivity contribution in [3.8, 4) is 11.5 Å². The molecular formula is C16H17IO3. The SMILES string of the molecule is COc1cccc(C(O)Cc2ccc(I)cc2)c1OC. The number of rotatable bonds is 5. The van der Waals surface area contributed by atoms with Gasteiger partial charge in [0.05, 0.1) is 20.3 Å². The van der Waals surface area contributed by atoms with E-state index in [0.717, 1.165) is 11.1 Å². The second-order valence-electron chi connectivity index (χ2n) is 4.43. The third kappa shape index (κ3) is 3.43. The molecule has 0 aliphatic heterocycles. The highest BCUT2D eigenvalue weighted by molar-refractivity contribution is 14.1. The standard InChI is InChI=1S/C16H17IO3/c1-19-15-5-3-4-13(16(15)20-2)14(18)10-11-6-8-12(17)9-7-11/h3-9,14,18H,10H2,1-2H3. The summed E-state index contributed by atoms with van der Waals surface area (Å²) in [4.78, 5) is 0. The third-order valence-corrected chi connectivity index (χ3v) is 3.85. The molecule has 2 aromatic carbocycles. The fourth-order valence-electron chi connectivity index (χ4n) is 2.13. The summed E-state index contributed by atoms with van der Waals surface area (Å²) < 4.78 is 11.8. The van der Waals surface area contributed by atoms with Crippen molar-refractivity contribution in [2.45, 2.75) is 12.5 Å². The second-order valence-corrected chi connectivity index (χ2v) is 5.67. The smallest absolute Gasteiger partial charge is 0.166 e. The monoisotopic (exact) mass is 384 g/mol. The molecule has 0 radical (unpaired) electrons. The summed E-state index contributed by atoms with van der Waals surface area (Å²) in [5.41, 5.74) is 1.83. The normalized spacial score (nSPS) is 12.0. The highest BCUT2D eigenvalue weighted by atomic mass is 127. The van der Waals surface area contributed by atoms with Crippen molar-refractivity contribution in [3.05, 3.63) is 57.2 Å². The zero-order valence-corrected chi connectivity index (χ0v) is 13.6. The summed E-state index contributed by atoms with van der Waals surface area (Å²) >= 11 is 2.26. The number of aliphatic hydroxyl groups is 1. The zero-order chi connectivity index (χ0) is 14.5. The molecule has 0 aliphatic carbocycles. The Morgan fingerprint density at radius 1 is 1.05 bits per heavy atom. The van der Waals surface area contributed by atoms with E-state index < -0.39 is 6.10 Å². The molecule has 0 aliphatic rings. The third-order valence-electron chi connectivity index (χ3n) is 3.13. The molecule has 0 bridgehead atoms. The Bertz CT molecular complexity index is 566. The fraction of sp³-hybridized carbons (Fsp3) is 0.250. The van der Waals surface area contributed by atoms with Crippen LogP contribution in [0.1, 0.15) is 17.2 Å². The van der Waals surface area contributed by atoms with E-state index >= 15 is 0 Å². The van der Waals surface area contributed by atoms with E-state index in [-0.39, 0.29) is 0 Å². The first kappa shape index (κ1) is 15.1. The lowest BCUT2D eigenvalue weighted by Gasteiger charge is -2.17. The molecule has 0 fully saturated rings. The molecule has 1 atom stereocenters. The molecule has 4 heteroatoms. The van der Waals surface area contributed by atoms with Crippen molar-refractivity contribution >= 4 is 22.6 Å². The Balaban J connectivity index is 2.24. The topological polar surface area (TPSA) is 38.7 Å². The van der Waals surface area contributed by atoms with E-state index in [1.54, 1.807) is 14.2 Å². The molecule has 0 amide bonds. The van der Waals surface area contributed by atoms with Gasteiger partial charge >= 0.3 is 0 Å². The van der Waals surface area contributed by atoms with Gasteiger partial charge in [-0.3, -0.25) is 0 Å². The van der Waals surface area contributed by atoms with Gasteiger partial charge in [0.1, 0.15) is 0 Å². The molecule has 2 rings (SSSR count). The van der Waals surface area contributed by atoms with Crippen molar-refractivity contribution in [2.75, 3.05) is 14.2 Å². The van der Waals surface area contributed by atoms with Crippen LogP contribution in [0, 0.1) is 3.57 Å². The minimum absolute atomic E-state index is 0.542. The van der Waals surface area contributed by atoms with Gasteiger partial charge in [0.2, 0.25) is 0 Å². The van der Waals surface area contributed by atoms with Crippen LogP contribution in [-0.4, -0.2) is 19.3 Å². The van der Waals surface area contributed by atoms with Crippen LogP contribution in [0.3, 0.4) is 0 Å². The molecule has 20 heavy (non-hydrogen) atoms. The molecule has 0 aromatic heterocycles. The second kappa shape index (κ2) is 6.95. The van der Waals surface area contributed by atoms with Crippen LogP contribution in [0.2, 0.25) is 0 Å². The maximum absolute atomic E-state index is 10.4. The van der Waals surface area contributed by atoms with Gasteiger partial charge in [0, 0.05) is 15.6 Å². The van der Waals surface area contributed by atoms with Gasteiger partial charge in [-0.15, -0.1) is 0 Å². The molecule has 0 saturated carbocycles. The van der Waals surface area contributed by atoms with E-state index in [2.05, 4.69) is 22.6 Å². The predicted molar refractivity (Wildman–Crippen MR) is 87.4 cm³/mol. The lowest BCUT2D eigenvalue weighted by molar-refractivity contribution is 0.173. The van der Waals surface area contributed by atoms with Crippen molar-refractivity contribution in [2.24, 2.45) is 0 Å². The molecule has 0 spiro atoms. The fourth-order valence-corrected chi connectivity index (χ4v) is 2.49. The number of halogens is 1. The largest absolute Gasteiger partial charge is 0.493 e. The number of para-hydroxylation sites is 1. The van der Waals surface area contributed by atoms with E-state index in [1.807, 2.05) is 42.5 Å². The highest BCUT2D eigenvalue weighted by Gasteiger charge is 2.17. The Kier molecular flexibility index (Phi) is 5.25. The first-order chi connectivity index (χ1) is 9.65. The number of methoxy groups -OCH3 is 2. The molecule has 0 saturated heterocycles. The Labute approximate surface area is 132 Å². The summed E-state index contributed by atoms with van der Waals surface area (Å²) in [7, 11) is 3.17. The van der Waals surface area contributed by atoms with Gasteiger partial charge in [-0.25, -0.2) is 0 Å². The Morgan fingerprint density at radius 2 is 1.75 bits per heavy atom. The van der Waals surface area contributed by atoms with Gasteiger partial charge in [0.25, 0.3) is 0 Å². The lowest BCUT2D eigenvalue weighted by Crippen LogP contribution is -2.05. The van der Waals surface area contributed by atoms with Crippen molar-refractivity contribution in [1.82, 2.24) is 0 Å². The molecular weight excluding hydrogens is 367 g/mol. The van der Waals surface area contributed by atoms with E-state index in [4.69, 9.17) is 9.47 Å². The Morgan fingerprint density at radius 3 is 2.35 bits per heavy atom. The first-order valence-electron chi connectivity index (χ1n) is 6.29. The van der Waals surface area contributed by atoms with Gasteiger partial charge in [-0.1, -0.05) is 24.3 Å². The van der Waals surface area contributed by atoms with E-state index in [1.165, 1.54) is 3.57 Å². The van der Waals surface area contributed by atoms with Crippen molar-refractivity contribution < 1.29 is 14.6 Å². The summed E-state index contributed by atoms with van der Waals surface area (Å²) in [6, 6.07) is 13.7. The molecule has 0 heterocycles. The zero-order valence-electron chi connectivity index (χ0n) is 11.5. The number of hydrogen-bond acceptors (Lipinski definition) is 3. The van der Waals surface area contributed by atoms with Crippen molar-refractivity contribution in [3.63, 3.8) is 0 Å². The lowest BCUT2D eigenvalue weighted by atomic mass is 10.0. The number of hydrogen-bond donors (Lipinski definition) is 1. The quantitative estimate of drug-likeness (QED) is 0.801. The molecule has 1 N–H and O–H groups in total. The van der Waals surface area contributed by atoms with Crippen LogP contribution < -0.4 is 9.47 Å². The van der Waals surface area contributed by atoms with Crippen LogP contribution in [0.5, 0.6) is 11.5 Å². The van der Waals surface area contributed by atoms with Crippen LogP contribution in [0.4, 0.5) is 0 Å². The average Bonchev–Trinajstić information content (AvgIpc) is 2.48. The maximum atomic E-state index is 10.4. The maximum Gasteiger partial charge on any atom is 0.166 e. The minimum atomic E-state index is -0.625. The summed E-state index contributed by atoms with van der Waals surface area (Å²) in [5.74, 6) is 1.22. The minimum Gasteiger partial charge on any atom is -0.493 e. The summed E-state index contributed by atoms with van der Waals surface area (Å²) in [5, 5.41) is 10.4. The summed E-state index contributed by atoms with van der Waals surface area (Å²) in [6.07, 6.45) is -0.0828. The first-order valence-corrected chi connectivity index (χ1v) is 7.37. The number of aliphatic hydroxyl groups excluding tert-OH is 1. The predicted octanol–water partition coefficient (Wildman–Crippen LogP) is 3.58. The van der Waals surface area contributed by atoms with Crippen LogP contribution in [0.15, 0.2) is 42.5 Å². The number of benzene rings is 2. The van der Waals surface area contributed by atoms with Gasteiger partial charge in [0.15, 0.2) is 11.5 Å². The molecule has 1 unspecified atom stereocenters. The molecule has 3 nitrogen and oxygen atoms in total. The van der Waals surface area contributed by atoms with Crippen molar-refractivity contribution in [1.29, 1.82) is 0 Å². The van der Waals surface area contributed by atoms with E-state index in [9.17, 15) is 5.11 Å².